The highest BCUT2D eigenvalue weighted by molar-refractivity contribution is 9.10. The first-order valence-corrected chi connectivity index (χ1v) is 6.82. The third-order valence-corrected chi connectivity index (χ3v) is 3.60. The molecular formula is C13H17BrN2O2. The summed E-state index contributed by atoms with van der Waals surface area (Å²) in [7, 11) is 0. The van der Waals surface area contributed by atoms with Crippen LogP contribution >= 0.6 is 15.9 Å². The molecule has 5 heteroatoms. The number of nitrogens with one attached hydrogen (secondary N) is 1. The summed E-state index contributed by atoms with van der Waals surface area (Å²) in [6.07, 6.45) is 1.24. The molecule has 1 aromatic rings. The van der Waals surface area contributed by atoms with Crippen LogP contribution in [-0.4, -0.2) is 24.7 Å². The van der Waals surface area contributed by atoms with Gasteiger partial charge in [0.15, 0.2) is 0 Å². The number of rotatable bonds is 3. The zero-order valence-electron chi connectivity index (χ0n) is 10.3. The lowest BCUT2D eigenvalue weighted by atomic mass is 10.1. The van der Waals surface area contributed by atoms with Crippen molar-refractivity contribution in [1.82, 2.24) is 0 Å². The minimum Gasteiger partial charge on any atom is -0.364 e. The van der Waals surface area contributed by atoms with E-state index in [-0.39, 0.29) is 18.1 Å². The number of hydrogen-bond acceptors (Lipinski definition) is 3. The van der Waals surface area contributed by atoms with Gasteiger partial charge in [0, 0.05) is 16.7 Å². The summed E-state index contributed by atoms with van der Waals surface area (Å²) in [6.45, 7) is 2.43. The summed E-state index contributed by atoms with van der Waals surface area (Å²) in [5.41, 5.74) is 7.37. The molecule has 1 fully saturated rings. The third-order valence-electron chi connectivity index (χ3n) is 3.11. The molecule has 2 rings (SSSR count). The Hall–Kier alpha value is -0.910. The molecule has 0 bridgehead atoms. The predicted octanol–water partition coefficient (Wildman–Crippen LogP) is 2.20. The number of amides is 1. The Kier molecular flexibility index (Phi) is 4.37. The Morgan fingerprint density at radius 1 is 1.56 bits per heavy atom. The Morgan fingerprint density at radius 2 is 2.33 bits per heavy atom. The van der Waals surface area contributed by atoms with Gasteiger partial charge in [0.05, 0.1) is 6.10 Å². The number of benzene rings is 1. The highest BCUT2D eigenvalue weighted by atomic mass is 79.9. The minimum absolute atomic E-state index is 0.0202. The molecule has 18 heavy (non-hydrogen) atoms. The van der Waals surface area contributed by atoms with E-state index in [2.05, 4.69) is 21.2 Å². The van der Waals surface area contributed by atoms with Gasteiger partial charge in [-0.1, -0.05) is 15.9 Å². The highest BCUT2D eigenvalue weighted by Gasteiger charge is 2.29. The van der Waals surface area contributed by atoms with Gasteiger partial charge in [0.1, 0.15) is 6.10 Å². The first-order chi connectivity index (χ1) is 8.60. The topological polar surface area (TPSA) is 64.4 Å². The van der Waals surface area contributed by atoms with Crippen molar-refractivity contribution in [2.24, 2.45) is 5.73 Å². The van der Waals surface area contributed by atoms with E-state index in [4.69, 9.17) is 10.5 Å². The standard InChI is InChI=1S/C13H17BrN2O2/c1-8-6-9(14)2-4-11(8)16-13(17)12-5-3-10(7-15)18-12/h2,4,6,10,12H,3,5,7,15H2,1H3,(H,16,17)/t10-,12+/m1/s1. The van der Waals surface area contributed by atoms with Gasteiger partial charge in [0.2, 0.25) is 0 Å². The Bertz CT molecular complexity index is 451. The second kappa shape index (κ2) is 5.82. The van der Waals surface area contributed by atoms with E-state index in [0.29, 0.717) is 6.54 Å². The minimum atomic E-state index is -0.374. The summed E-state index contributed by atoms with van der Waals surface area (Å²) in [5.74, 6) is -0.0867. The molecule has 3 N–H and O–H groups in total. The average molecular weight is 313 g/mol. The van der Waals surface area contributed by atoms with Crippen LogP contribution in [0, 0.1) is 6.92 Å². The van der Waals surface area contributed by atoms with Gasteiger partial charge in [-0.3, -0.25) is 4.79 Å². The van der Waals surface area contributed by atoms with E-state index in [9.17, 15) is 4.79 Å². The van der Waals surface area contributed by atoms with Gasteiger partial charge in [0.25, 0.3) is 5.91 Å². The second-order valence-corrected chi connectivity index (χ2v) is 5.42. The van der Waals surface area contributed by atoms with Crippen molar-refractivity contribution in [3.8, 4) is 0 Å². The van der Waals surface area contributed by atoms with Gasteiger partial charge < -0.3 is 15.8 Å². The van der Waals surface area contributed by atoms with Crippen molar-refractivity contribution in [2.75, 3.05) is 11.9 Å². The lowest BCUT2D eigenvalue weighted by Crippen LogP contribution is -2.30. The van der Waals surface area contributed by atoms with Crippen molar-refractivity contribution in [3.63, 3.8) is 0 Å². The molecule has 0 aromatic heterocycles. The maximum atomic E-state index is 12.0. The number of carbonyl (C=O) groups excluding carboxylic acids is 1. The van der Waals surface area contributed by atoms with Crippen LogP contribution in [-0.2, 0) is 9.53 Å². The second-order valence-electron chi connectivity index (χ2n) is 4.51. The third kappa shape index (κ3) is 3.10. The van der Waals surface area contributed by atoms with E-state index < -0.39 is 0 Å². The smallest absolute Gasteiger partial charge is 0.253 e. The van der Waals surface area contributed by atoms with E-state index in [1.54, 1.807) is 0 Å². The van der Waals surface area contributed by atoms with Crippen molar-refractivity contribution >= 4 is 27.5 Å². The fraction of sp³-hybridized carbons (Fsp3) is 0.462. The number of halogens is 1. The van der Waals surface area contributed by atoms with E-state index in [1.807, 2.05) is 25.1 Å². The van der Waals surface area contributed by atoms with Crippen molar-refractivity contribution in [3.05, 3.63) is 28.2 Å². The van der Waals surface area contributed by atoms with Crippen LogP contribution in [0.5, 0.6) is 0 Å². The number of carbonyl (C=O) groups is 1. The number of ether oxygens (including phenoxy) is 1. The first kappa shape index (κ1) is 13.5. The number of aryl methyl sites for hydroxylation is 1. The molecular weight excluding hydrogens is 296 g/mol. The molecule has 0 aliphatic carbocycles. The molecule has 0 unspecified atom stereocenters. The van der Waals surface area contributed by atoms with Crippen LogP contribution in [0.15, 0.2) is 22.7 Å². The van der Waals surface area contributed by atoms with Crippen molar-refractivity contribution in [2.45, 2.75) is 32.0 Å². The van der Waals surface area contributed by atoms with E-state index in [0.717, 1.165) is 28.6 Å². The summed E-state index contributed by atoms with van der Waals surface area (Å²) in [4.78, 5) is 12.0. The first-order valence-electron chi connectivity index (χ1n) is 6.02. The monoisotopic (exact) mass is 312 g/mol. The fourth-order valence-corrected chi connectivity index (χ4v) is 2.53. The van der Waals surface area contributed by atoms with Crippen LogP contribution in [0.25, 0.3) is 0 Å². The summed E-state index contributed by atoms with van der Waals surface area (Å²) in [6, 6.07) is 5.75. The molecule has 1 heterocycles. The number of hydrogen-bond donors (Lipinski definition) is 2. The van der Waals surface area contributed by atoms with Crippen LogP contribution < -0.4 is 11.1 Å². The molecule has 1 aliphatic heterocycles. The predicted molar refractivity (Wildman–Crippen MR) is 74.5 cm³/mol. The van der Waals surface area contributed by atoms with Gasteiger partial charge in [-0.2, -0.15) is 0 Å². The maximum absolute atomic E-state index is 12.0. The zero-order chi connectivity index (χ0) is 13.1. The largest absolute Gasteiger partial charge is 0.364 e. The zero-order valence-corrected chi connectivity index (χ0v) is 11.9. The lowest BCUT2D eigenvalue weighted by molar-refractivity contribution is -0.126. The highest BCUT2D eigenvalue weighted by Crippen LogP contribution is 2.23. The summed E-state index contributed by atoms with van der Waals surface area (Å²) < 4.78 is 6.56. The molecule has 4 nitrogen and oxygen atoms in total. The molecule has 1 aromatic carbocycles. The van der Waals surface area contributed by atoms with Gasteiger partial charge in [-0.25, -0.2) is 0 Å². The average Bonchev–Trinajstić information content (AvgIpc) is 2.81. The quantitative estimate of drug-likeness (QED) is 0.899. The normalized spacial score (nSPS) is 23.1. The number of nitrogens with two attached hydrogens (primary N) is 1. The molecule has 2 atom stereocenters. The SMILES string of the molecule is Cc1cc(Br)ccc1NC(=O)[C@@H]1CC[C@H](CN)O1. The van der Waals surface area contributed by atoms with Crippen LogP contribution in [0.1, 0.15) is 18.4 Å². The van der Waals surface area contributed by atoms with Gasteiger partial charge >= 0.3 is 0 Å². The van der Waals surface area contributed by atoms with Crippen molar-refractivity contribution in [1.29, 1.82) is 0 Å². The van der Waals surface area contributed by atoms with Crippen LogP contribution in [0.2, 0.25) is 0 Å². The van der Waals surface area contributed by atoms with Gasteiger partial charge in [-0.05, 0) is 43.5 Å². The van der Waals surface area contributed by atoms with Crippen molar-refractivity contribution < 1.29 is 9.53 Å². The van der Waals surface area contributed by atoms with E-state index in [1.165, 1.54) is 0 Å². The molecule has 1 saturated heterocycles. The van der Waals surface area contributed by atoms with Crippen LogP contribution in [0.4, 0.5) is 5.69 Å². The summed E-state index contributed by atoms with van der Waals surface area (Å²) in [5, 5.41) is 2.90. The molecule has 1 amide bonds. The fourth-order valence-electron chi connectivity index (χ4n) is 2.05. The molecule has 1 aliphatic rings. The van der Waals surface area contributed by atoms with E-state index >= 15 is 0 Å². The molecule has 0 radical (unpaired) electrons. The number of anilines is 1. The summed E-state index contributed by atoms with van der Waals surface area (Å²) >= 11 is 3.39. The molecule has 0 saturated carbocycles. The lowest BCUT2D eigenvalue weighted by Gasteiger charge is -2.14. The molecule has 98 valence electrons. The Labute approximate surface area is 115 Å². The maximum Gasteiger partial charge on any atom is 0.253 e. The Balaban J connectivity index is 1.99. The Morgan fingerprint density at radius 3 is 2.94 bits per heavy atom. The molecule has 0 spiro atoms. The van der Waals surface area contributed by atoms with Crippen LogP contribution in [0.3, 0.4) is 0 Å². The van der Waals surface area contributed by atoms with Gasteiger partial charge in [-0.15, -0.1) is 0 Å².